The van der Waals surface area contributed by atoms with E-state index in [-0.39, 0.29) is 34.7 Å². The number of rotatable bonds is 3. The fourth-order valence-corrected chi connectivity index (χ4v) is 4.44. The highest BCUT2D eigenvalue weighted by Gasteiger charge is 2.43. The number of aromatic nitrogens is 4. The zero-order chi connectivity index (χ0) is 21.5. The summed E-state index contributed by atoms with van der Waals surface area (Å²) in [4.78, 5) is 33.7. The summed E-state index contributed by atoms with van der Waals surface area (Å²) < 4.78 is 28.1. The van der Waals surface area contributed by atoms with Crippen molar-refractivity contribution in [3.8, 4) is 11.4 Å². The molecule has 2 fully saturated rings. The Morgan fingerprint density at radius 2 is 1.68 bits per heavy atom. The molecule has 2 atom stereocenters. The minimum atomic E-state index is -0.522. The van der Waals surface area contributed by atoms with Gasteiger partial charge in [-0.1, -0.05) is 6.07 Å². The standard InChI is InChI=1S/C22H20F2N6O/c1-13-18(24)8-27-22(28-13)30-11-14-9-29(10-15(14)12-30)21(31)16-4-2-5-17(23)19(16)20-25-6-3-7-26-20/h2-8,14-15H,9-12H2,1H3. The number of amides is 1. The first-order valence-electron chi connectivity index (χ1n) is 10.1. The molecule has 3 aromatic rings. The van der Waals surface area contributed by atoms with Crippen LogP contribution in [0, 0.1) is 30.4 Å². The van der Waals surface area contributed by atoms with Crippen molar-refractivity contribution in [2.45, 2.75) is 6.92 Å². The smallest absolute Gasteiger partial charge is 0.254 e. The monoisotopic (exact) mass is 422 g/mol. The van der Waals surface area contributed by atoms with Crippen LogP contribution < -0.4 is 4.90 Å². The minimum absolute atomic E-state index is 0.127. The summed E-state index contributed by atoms with van der Waals surface area (Å²) >= 11 is 0. The molecule has 0 radical (unpaired) electrons. The highest BCUT2D eigenvalue weighted by atomic mass is 19.1. The highest BCUT2D eigenvalue weighted by Crippen LogP contribution is 2.34. The third-order valence-electron chi connectivity index (χ3n) is 6.00. The van der Waals surface area contributed by atoms with Gasteiger partial charge in [-0.3, -0.25) is 4.79 Å². The molecule has 2 aliphatic heterocycles. The summed E-state index contributed by atoms with van der Waals surface area (Å²) in [5.74, 6) is 0.0420. The van der Waals surface area contributed by atoms with Crippen LogP contribution in [-0.2, 0) is 0 Å². The molecule has 1 amide bonds. The number of anilines is 1. The number of nitrogens with zero attached hydrogens (tertiary/aromatic N) is 6. The van der Waals surface area contributed by atoms with Gasteiger partial charge in [0.25, 0.3) is 5.91 Å². The fourth-order valence-electron chi connectivity index (χ4n) is 4.44. The van der Waals surface area contributed by atoms with Crippen LogP contribution >= 0.6 is 0 Å². The number of hydrogen-bond donors (Lipinski definition) is 0. The van der Waals surface area contributed by atoms with Crippen molar-refractivity contribution in [2.75, 3.05) is 31.1 Å². The van der Waals surface area contributed by atoms with E-state index < -0.39 is 11.6 Å². The van der Waals surface area contributed by atoms with E-state index in [0.29, 0.717) is 37.8 Å². The number of fused-ring (bicyclic) bond motifs is 1. The van der Waals surface area contributed by atoms with E-state index in [1.165, 1.54) is 30.7 Å². The molecule has 0 N–H and O–H groups in total. The van der Waals surface area contributed by atoms with Crippen molar-refractivity contribution in [3.63, 3.8) is 0 Å². The fraction of sp³-hybridized carbons (Fsp3) is 0.318. The maximum Gasteiger partial charge on any atom is 0.254 e. The van der Waals surface area contributed by atoms with Gasteiger partial charge in [-0.15, -0.1) is 0 Å². The first-order valence-corrected chi connectivity index (χ1v) is 10.1. The van der Waals surface area contributed by atoms with E-state index >= 15 is 0 Å². The molecule has 7 nitrogen and oxygen atoms in total. The van der Waals surface area contributed by atoms with E-state index in [1.54, 1.807) is 24.0 Å². The number of benzene rings is 1. The Morgan fingerprint density at radius 1 is 0.968 bits per heavy atom. The van der Waals surface area contributed by atoms with Crippen LogP contribution in [0.25, 0.3) is 11.4 Å². The lowest BCUT2D eigenvalue weighted by molar-refractivity contribution is 0.0783. The van der Waals surface area contributed by atoms with Crippen molar-refractivity contribution < 1.29 is 13.6 Å². The van der Waals surface area contributed by atoms with Gasteiger partial charge in [0.1, 0.15) is 5.82 Å². The molecular weight excluding hydrogens is 402 g/mol. The summed E-state index contributed by atoms with van der Waals surface area (Å²) in [5, 5.41) is 0. The average molecular weight is 422 g/mol. The van der Waals surface area contributed by atoms with Gasteiger partial charge in [0.15, 0.2) is 11.6 Å². The number of halogens is 2. The number of hydrogen-bond acceptors (Lipinski definition) is 6. The van der Waals surface area contributed by atoms with Crippen molar-refractivity contribution in [1.29, 1.82) is 0 Å². The molecule has 0 bridgehead atoms. The summed E-state index contributed by atoms with van der Waals surface area (Å²) in [7, 11) is 0. The molecule has 2 unspecified atom stereocenters. The Morgan fingerprint density at radius 3 is 2.35 bits per heavy atom. The second-order valence-electron chi connectivity index (χ2n) is 7.97. The van der Waals surface area contributed by atoms with Crippen LogP contribution in [0.15, 0.2) is 42.9 Å². The Kier molecular flexibility index (Phi) is 4.80. The van der Waals surface area contributed by atoms with Gasteiger partial charge in [0, 0.05) is 50.4 Å². The van der Waals surface area contributed by atoms with Crippen molar-refractivity contribution >= 4 is 11.9 Å². The van der Waals surface area contributed by atoms with Crippen molar-refractivity contribution in [1.82, 2.24) is 24.8 Å². The molecule has 31 heavy (non-hydrogen) atoms. The molecule has 0 aliphatic carbocycles. The largest absolute Gasteiger partial charge is 0.340 e. The SMILES string of the molecule is Cc1nc(N2CC3CN(C(=O)c4cccc(F)c4-c4ncccn4)CC3C2)ncc1F. The molecular formula is C22H20F2N6O. The van der Waals surface area contributed by atoms with E-state index in [1.807, 2.05) is 4.90 Å². The van der Waals surface area contributed by atoms with Crippen LogP contribution in [0.3, 0.4) is 0 Å². The summed E-state index contributed by atoms with van der Waals surface area (Å²) in [5.41, 5.74) is 0.711. The lowest BCUT2D eigenvalue weighted by Crippen LogP contribution is -2.34. The van der Waals surface area contributed by atoms with Gasteiger partial charge in [0.05, 0.1) is 23.0 Å². The summed E-state index contributed by atoms with van der Waals surface area (Å²) in [6.45, 7) is 4.12. The average Bonchev–Trinajstić information content (AvgIpc) is 3.35. The van der Waals surface area contributed by atoms with Gasteiger partial charge >= 0.3 is 0 Å². The van der Waals surface area contributed by atoms with E-state index in [2.05, 4.69) is 19.9 Å². The molecule has 2 aliphatic rings. The quantitative estimate of drug-likeness (QED) is 0.646. The molecule has 0 spiro atoms. The van der Waals surface area contributed by atoms with Crippen molar-refractivity contribution in [2.24, 2.45) is 11.8 Å². The molecule has 158 valence electrons. The second kappa shape index (κ2) is 7.64. The van der Waals surface area contributed by atoms with Crippen molar-refractivity contribution in [3.05, 3.63) is 65.7 Å². The Bertz CT molecular complexity index is 1130. The van der Waals surface area contributed by atoms with Gasteiger partial charge in [-0.2, -0.15) is 0 Å². The number of carbonyl (C=O) groups excluding carboxylic acids is 1. The first-order chi connectivity index (χ1) is 15.0. The Hall–Kier alpha value is -3.49. The molecule has 9 heteroatoms. The normalized spacial score (nSPS) is 20.2. The topological polar surface area (TPSA) is 75.1 Å². The summed E-state index contributed by atoms with van der Waals surface area (Å²) in [6.07, 6.45) is 4.24. The van der Waals surface area contributed by atoms with E-state index in [4.69, 9.17) is 0 Å². The minimum Gasteiger partial charge on any atom is -0.340 e. The van der Waals surface area contributed by atoms with Gasteiger partial charge in [-0.05, 0) is 25.1 Å². The van der Waals surface area contributed by atoms with Gasteiger partial charge in [-0.25, -0.2) is 28.7 Å². The first kappa shape index (κ1) is 19.5. The molecule has 1 aromatic carbocycles. The van der Waals surface area contributed by atoms with Crippen LogP contribution in [0.4, 0.5) is 14.7 Å². The Labute approximate surface area is 177 Å². The third kappa shape index (κ3) is 3.49. The molecule has 2 saturated heterocycles. The highest BCUT2D eigenvalue weighted by molar-refractivity contribution is 6.00. The molecule has 2 aromatic heterocycles. The lowest BCUT2D eigenvalue weighted by Gasteiger charge is -2.22. The number of aryl methyl sites for hydroxylation is 1. The predicted molar refractivity (Wildman–Crippen MR) is 109 cm³/mol. The summed E-state index contributed by atoms with van der Waals surface area (Å²) in [6, 6.07) is 6.10. The molecule has 4 heterocycles. The van der Waals surface area contributed by atoms with Crippen LogP contribution in [0.2, 0.25) is 0 Å². The zero-order valence-electron chi connectivity index (χ0n) is 16.9. The molecule has 5 rings (SSSR count). The van der Waals surface area contributed by atoms with Crippen LogP contribution in [0.5, 0.6) is 0 Å². The van der Waals surface area contributed by atoms with Gasteiger partial charge in [0.2, 0.25) is 5.95 Å². The van der Waals surface area contributed by atoms with Gasteiger partial charge < -0.3 is 9.80 Å². The maximum atomic E-state index is 14.6. The number of carbonyl (C=O) groups is 1. The maximum absolute atomic E-state index is 14.6. The molecule has 0 saturated carbocycles. The number of likely N-dealkylation sites (tertiary alicyclic amines) is 1. The predicted octanol–water partition coefficient (Wildman–Crippen LogP) is 2.73. The van der Waals surface area contributed by atoms with Crippen LogP contribution in [-0.4, -0.2) is 56.9 Å². The zero-order valence-corrected chi connectivity index (χ0v) is 16.9. The second-order valence-corrected chi connectivity index (χ2v) is 7.97. The Balaban J connectivity index is 1.34. The van der Waals surface area contributed by atoms with E-state index in [9.17, 15) is 13.6 Å². The lowest BCUT2D eigenvalue weighted by atomic mass is 10.0. The van der Waals surface area contributed by atoms with E-state index in [0.717, 1.165) is 0 Å². The van der Waals surface area contributed by atoms with Crippen LogP contribution in [0.1, 0.15) is 16.1 Å². The third-order valence-corrected chi connectivity index (χ3v) is 6.00.